The van der Waals surface area contributed by atoms with Crippen molar-refractivity contribution in [3.8, 4) is 22.6 Å². The van der Waals surface area contributed by atoms with E-state index in [0.29, 0.717) is 11.5 Å². The van der Waals surface area contributed by atoms with Gasteiger partial charge < -0.3 is 10.2 Å². The van der Waals surface area contributed by atoms with E-state index in [2.05, 4.69) is 27.7 Å². The second-order valence-electron chi connectivity index (χ2n) is 5.79. The molecule has 20 heavy (non-hydrogen) atoms. The zero-order chi connectivity index (χ0) is 14.9. The lowest BCUT2D eigenvalue weighted by Gasteiger charge is -2.22. The molecule has 0 aliphatic heterocycles. The van der Waals surface area contributed by atoms with Gasteiger partial charge in [-0.3, -0.25) is 0 Å². The molecule has 2 aromatic rings. The Morgan fingerprint density at radius 1 is 0.750 bits per heavy atom. The monoisotopic (exact) mass is 270 g/mol. The highest BCUT2D eigenvalue weighted by molar-refractivity contribution is 5.79. The van der Waals surface area contributed by atoms with Crippen molar-refractivity contribution in [1.29, 1.82) is 0 Å². The average Bonchev–Trinajstić information content (AvgIpc) is 2.38. The van der Waals surface area contributed by atoms with Crippen LogP contribution < -0.4 is 0 Å². The van der Waals surface area contributed by atoms with E-state index in [0.717, 1.165) is 11.1 Å². The minimum Gasteiger partial charge on any atom is -0.507 e. The second kappa shape index (κ2) is 5.58. The second-order valence-corrected chi connectivity index (χ2v) is 5.79. The molecular formula is C18H22O2. The molecule has 2 N–H and O–H groups in total. The Bertz CT molecular complexity index is 613. The van der Waals surface area contributed by atoms with Crippen LogP contribution in [0.2, 0.25) is 0 Å². The normalized spacial score (nSPS) is 11.3. The number of hydrogen-bond donors (Lipinski definition) is 2. The van der Waals surface area contributed by atoms with Crippen LogP contribution in [0.25, 0.3) is 11.1 Å². The van der Waals surface area contributed by atoms with E-state index in [9.17, 15) is 10.2 Å². The topological polar surface area (TPSA) is 40.5 Å². The molecule has 0 fully saturated rings. The van der Waals surface area contributed by atoms with Gasteiger partial charge in [0.05, 0.1) is 0 Å². The van der Waals surface area contributed by atoms with Crippen LogP contribution in [-0.2, 0) is 0 Å². The molecule has 106 valence electrons. The van der Waals surface area contributed by atoms with Gasteiger partial charge >= 0.3 is 0 Å². The molecule has 0 saturated carbocycles. The SMILES string of the molecule is CC(C)c1ccc(O)c(-c2ccccc2O)c1C(C)C. The summed E-state index contributed by atoms with van der Waals surface area (Å²) in [5, 5.41) is 20.4. The number of phenols is 2. The van der Waals surface area contributed by atoms with E-state index >= 15 is 0 Å². The largest absolute Gasteiger partial charge is 0.507 e. The Morgan fingerprint density at radius 3 is 1.95 bits per heavy atom. The van der Waals surface area contributed by atoms with Gasteiger partial charge in [-0.25, -0.2) is 0 Å². The standard InChI is InChI=1S/C18H22O2/c1-11(2)13-9-10-16(20)18(17(13)12(3)4)14-7-5-6-8-15(14)19/h5-12,19-20H,1-4H3. The third-order valence-corrected chi connectivity index (χ3v) is 3.63. The van der Waals surface area contributed by atoms with Crippen molar-refractivity contribution >= 4 is 0 Å². The molecule has 0 radical (unpaired) electrons. The summed E-state index contributed by atoms with van der Waals surface area (Å²) in [6.07, 6.45) is 0. The third-order valence-electron chi connectivity index (χ3n) is 3.63. The summed E-state index contributed by atoms with van der Waals surface area (Å²) in [5.41, 5.74) is 3.78. The van der Waals surface area contributed by atoms with Gasteiger partial charge in [0.1, 0.15) is 11.5 Å². The van der Waals surface area contributed by atoms with Crippen LogP contribution in [0, 0.1) is 0 Å². The van der Waals surface area contributed by atoms with E-state index in [1.54, 1.807) is 18.2 Å². The molecule has 0 spiro atoms. The first-order valence-corrected chi connectivity index (χ1v) is 7.07. The van der Waals surface area contributed by atoms with Gasteiger partial charge in [-0.15, -0.1) is 0 Å². The van der Waals surface area contributed by atoms with Gasteiger partial charge in [0.15, 0.2) is 0 Å². The van der Waals surface area contributed by atoms with Crippen molar-refractivity contribution < 1.29 is 10.2 Å². The molecule has 0 aromatic heterocycles. The zero-order valence-corrected chi connectivity index (χ0v) is 12.5. The molecule has 2 nitrogen and oxygen atoms in total. The van der Waals surface area contributed by atoms with E-state index in [1.807, 2.05) is 18.2 Å². The first-order valence-electron chi connectivity index (χ1n) is 7.07. The Labute approximate surface area is 120 Å². The molecule has 0 saturated heterocycles. The first kappa shape index (κ1) is 14.4. The fraction of sp³-hybridized carbons (Fsp3) is 0.333. The summed E-state index contributed by atoms with van der Waals surface area (Å²) in [6, 6.07) is 10.9. The molecule has 0 atom stereocenters. The summed E-state index contributed by atoms with van der Waals surface area (Å²) in [7, 11) is 0. The minimum absolute atomic E-state index is 0.200. The lowest BCUT2D eigenvalue weighted by molar-refractivity contribution is 0.468. The molecule has 0 amide bonds. The van der Waals surface area contributed by atoms with Crippen molar-refractivity contribution in [2.45, 2.75) is 39.5 Å². The van der Waals surface area contributed by atoms with Crippen LogP contribution in [-0.4, -0.2) is 10.2 Å². The maximum absolute atomic E-state index is 10.3. The van der Waals surface area contributed by atoms with Crippen LogP contribution >= 0.6 is 0 Å². The zero-order valence-electron chi connectivity index (χ0n) is 12.5. The molecule has 2 aromatic carbocycles. The first-order chi connectivity index (χ1) is 9.43. The van der Waals surface area contributed by atoms with Crippen molar-refractivity contribution in [2.75, 3.05) is 0 Å². The number of phenolic OH excluding ortho intramolecular Hbond substituents is 2. The summed E-state index contributed by atoms with van der Waals surface area (Å²) >= 11 is 0. The van der Waals surface area contributed by atoms with E-state index in [4.69, 9.17) is 0 Å². The summed E-state index contributed by atoms with van der Waals surface area (Å²) < 4.78 is 0. The smallest absolute Gasteiger partial charge is 0.123 e. The number of rotatable bonds is 3. The summed E-state index contributed by atoms with van der Waals surface area (Å²) in [6.45, 7) is 8.52. The van der Waals surface area contributed by atoms with E-state index < -0.39 is 0 Å². The maximum Gasteiger partial charge on any atom is 0.123 e. The van der Waals surface area contributed by atoms with Gasteiger partial charge in [-0.2, -0.15) is 0 Å². The van der Waals surface area contributed by atoms with Crippen molar-refractivity contribution in [2.24, 2.45) is 0 Å². The maximum atomic E-state index is 10.3. The van der Waals surface area contributed by atoms with E-state index in [1.165, 1.54) is 5.56 Å². The number of benzene rings is 2. The highest BCUT2D eigenvalue weighted by atomic mass is 16.3. The third kappa shape index (κ3) is 2.51. The Kier molecular flexibility index (Phi) is 4.03. The number of hydrogen-bond acceptors (Lipinski definition) is 2. The number of aromatic hydroxyl groups is 2. The molecular weight excluding hydrogens is 248 g/mol. The predicted molar refractivity (Wildman–Crippen MR) is 83.4 cm³/mol. The van der Waals surface area contributed by atoms with Crippen LogP contribution in [0.5, 0.6) is 11.5 Å². The lowest BCUT2D eigenvalue weighted by Crippen LogP contribution is -2.02. The number of para-hydroxylation sites is 1. The van der Waals surface area contributed by atoms with Gasteiger partial charge in [0.2, 0.25) is 0 Å². The van der Waals surface area contributed by atoms with Gasteiger partial charge in [0.25, 0.3) is 0 Å². The van der Waals surface area contributed by atoms with Crippen molar-refractivity contribution in [3.63, 3.8) is 0 Å². The molecule has 0 aliphatic rings. The summed E-state index contributed by atoms with van der Waals surface area (Å²) in [5.74, 6) is 1.07. The van der Waals surface area contributed by atoms with Gasteiger partial charge in [0, 0.05) is 11.1 Å². The van der Waals surface area contributed by atoms with Crippen molar-refractivity contribution in [1.82, 2.24) is 0 Å². The van der Waals surface area contributed by atoms with Gasteiger partial charge in [-0.1, -0.05) is 52.0 Å². The molecule has 0 unspecified atom stereocenters. The highest BCUT2D eigenvalue weighted by Gasteiger charge is 2.20. The van der Waals surface area contributed by atoms with Crippen LogP contribution in [0.15, 0.2) is 36.4 Å². The lowest BCUT2D eigenvalue weighted by atomic mass is 9.84. The predicted octanol–water partition coefficient (Wildman–Crippen LogP) is 5.01. The fourth-order valence-corrected chi connectivity index (χ4v) is 2.72. The highest BCUT2D eigenvalue weighted by Crippen LogP contribution is 2.43. The molecule has 0 bridgehead atoms. The molecule has 0 heterocycles. The van der Waals surface area contributed by atoms with Crippen LogP contribution in [0.4, 0.5) is 0 Å². The molecule has 2 heteroatoms. The Morgan fingerprint density at radius 2 is 1.40 bits per heavy atom. The fourth-order valence-electron chi connectivity index (χ4n) is 2.72. The summed E-state index contributed by atoms with van der Waals surface area (Å²) in [4.78, 5) is 0. The van der Waals surface area contributed by atoms with Crippen LogP contribution in [0.1, 0.15) is 50.7 Å². The molecule has 2 rings (SSSR count). The quantitative estimate of drug-likeness (QED) is 0.822. The molecule has 0 aliphatic carbocycles. The van der Waals surface area contributed by atoms with Gasteiger partial charge in [-0.05, 0) is 35.1 Å². The Balaban J connectivity index is 2.81. The van der Waals surface area contributed by atoms with Crippen LogP contribution in [0.3, 0.4) is 0 Å². The van der Waals surface area contributed by atoms with E-state index in [-0.39, 0.29) is 17.4 Å². The van der Waals surface area contributed by atoms with Crippen molar-refractivity contribution in [3.05, 3.63) is 47.5 Å². The Hall–Kier alpha value is -1.96. The minimum atomic E-state index is 0.200. The average molecular weight is 270 g/mol.